The van der Waals surface area contributed by atoms with E-state index in [2.05, 4.69) is 0 Å². The van der Waals surface area contributed by atoms with Gasteiger partial charge in [-0.15, -0.1) is 0 Å². The SMILES string of the molecule is CCN(C(=O)c1cccc(S(C)(=O)=O)c1)C(C)c1cccc(C(F)(F)F)c1. The molecule has 2 aromatic rings. The Balaban J connectivity index is 2.38. The zero-order valence-corrected chi connectivity index (χ0v) is 15.9. The van der Waals surface area contributed by atoms with Crippen LogP contribution in [0.4, 0.5) is 13.2 Å². The number of hydrogen-bond donors (Lipinski definition) is 0. The predicted octanol–water partition coefficient (Wildman–Crippen LogP) is 4.33. The van der Waals surface area contributed by atoms with Crippen molar-refractivity contribution in [1.29, 1.82) is 0 Å². The maximum Gasteiger partial charge on any atom is 0.416 e. The smallest absolute Gasteiger partial charge is 0.332 e. The molecule has 1 unspecified atom stereocenters. The molecule has 0 heterocycles. The summed E-state index contributed by atoms with van der Waals surface area (Å²) in [6.07, 6.45) is -3.43. The van der Waals surface area contributed by atoms with Crippen LogP contribution in [0.15, 0.2) is 53.4 Å². The minimum atomic E-state index is -4.47. The van der Waals surface area contributed by atoms with Crippen LogP contribution in [0.3, 0.4) is 0 Å². The molecule has 4 nitrogen and oxygen atoms in total. The minimum Gasteiger partial charge on any atom is -0.332 e. The first-order valence-corrected chi connectivity index (χ1v) is 10.1. The Labute approximate surface area is 156 Å². The van der Waals surface area contributed by atoms with Gasteiger partial charge in [-0.05, 0) is 49.7 Å². The lowest BCUT2D eigenvalue weighted by Gasteiger charge is -2.29. The van der Waals surface area contributed by atoms with E-state index in [1.165, 1.54) is 41.3 Å². The number of carbonyl (C=O) groups excluding carboxylic acids is 1. The molecule has 0 aliphatic carbocycles. The number of rotatable bonds is 5. The molecule has 0 saturated carbocycles. The third-order valence-electron chi connectivity index (χ3n) is 4.27. The average Bonchev–Trinajstić information content (AvgIpc) is 2.61. The molecule has 0 saturated heterocycles. The van der Waals surface area contributed by atoms with Crippen LogP contribution in [0.2, 0.25) is 0 Å². The molecule has 0 aromatic heterocycles. The van der Waals surface area contributed by atoms with Crippen molar-refractivity contribution in [2.45, 2.75) is 31.0 Å². The van der Waals surface area contributed by atoms with E-state index in [-0.39, 0.29) is 17.0 Å². The van der Waals surface area contributed by atoms with Gasteiger partial charge in [0.05, 0.1) is 16.5 Å². The molecule has 0 aliphatic heterocycles. The van der Waals surface area contributed by atoms with Crippen molar-refractivity contribution in [3.05, 3.63) is 65.2 Å². The van der Waals surface area contributed by atoms with Gasteiger partial charge in [0.2, 0.25) is 0 Å². The molecule has 146 valence electrons. The van der Waals surface area contributed by atoms with Crippen LogP contribution >= 0.6 is 0 Å². The van der Waals surface area contributed by atoms with E-state index < -0.39 is 33.5 Å². The highest BCUT2D eigenvalue weighted by Crippen LogP contribution is 2.32. The molecule has 0 bridgehead atoms. The number of benzene rings is 2. The van der Waals surface area contributed by atoms with Crippen LogP contribution < -0.4 is 0 Å². The highest BCUT2D eigenvalue weighted by atomic mass is 32.2. The number of sulfone groups is 1. The van der Waals surface area contributed by atoms with Crippen molar-refractivity contribution in [2.75, 3.05) is 12.8 Å². The van der Waals surface area contributed by atoms with Crippen molar-refractivity contribution >= 4 is 15.7 Å². The molecule has 27 heavy (non-hydrogen) atoms. The van der Waals surface area contributed by atoms with Crippen molar-refractivity contribution in [3.63, 3.8) is 0 Å². The molecule has 8 heteroatoms. The average molecular weight is 399 g/mol. The van der Waals surface area contributed by atoms with Crippen LogP contribution in [0, 0.1) is 0 Å². The quantitative estimate of drug-likeness (QED) is 0.752. The summed E-state index contributed by atoms with van der Waals surface area (Å²) in [6.45, 7) is 3.60. The molecular formula is C19H20F3NO3S. The minimum absolute atomic E-state index is 0.0103. The van der Waals surface area contributed by atoms with Crippen LogP contribution in [0.1, 0.15) is 41.4 Å². The number of alkyl halides is 3. The first kappa shape index (κ1) is 21.0. The summed E-state index contributed by atoms with van der Waals surface area (Å²) in [6, 6.07) is 9.83. The Kier molecular flexibility index (Phi) is 5.99. The second-order valence-electron chi connectivity index (χ2n) is 6.19. The van der Waals surface area contributed by atoms with Gasteiger partial charge in [-0.1, -0.05) is 18.2 Å². The van der Waals surface area contributed by atoms with Gasteiger partial charge in [0.25, 0.3) is 5.91 Å². The molecule has 2 rings (SSSR count). The largest absolute Gasteiger partial charge is 0.416 e. The summed E-state index contributed by atoms with van der Waals surface area (Å²) in [5.74, 6) is -0.451. The maximum atomic E-state index is 13.0. The van der Waals surface area contributed by atoms with Crippen LogP contribution in [-0.4, -0.2) is 32.0 Å². The summed E-state index contributed by atoms with van der Waals surface area (Å²) in [5.41, 5.74) is -0.271. The van der Waals surface area contributed by atoms with E-state index in [9.17, 15) is 26.4 Å². The molecule has 2 aromatic carbocycles. The first-order valence-electron chi connectivity index (χ1n) is 8.23. The van der Waals surface area contributed by atoms with Crippen LogP contribution in [-0.2, 0) is 16.0 Å². The molecule has 0 radical (unpaired) electrons. The second kappa shape index (κ2) is 7.72. The van der Waals surface area contributed by atoms with E-state index in [0.717, 1.165) is 18.4 Å². The molecule has 0 aliphatic rings. The van der Waals surface area contributed by atoms with Gasteiger partial charge in [-0.3, -0.25) is 4.79 Å². The van der Waals surface area contributed by atoms with Gasteiger partial charge in [0.15, 0.2) is 9.84 Å². The number of nitrogens with zero attached hydrogens (tertiary/aromatic N) is 1. The summed E-state index contributed by atoms with van der Waals surface area (Å²) in [7, 11) is -3.48. The molecule has 0 N–H and O–H groups in total. The van der Waals surface area contributed by atoms with Crippen molar-refractivity contribution < 1.29 is 26.4 Å². The van der Waals surface area contributed by atoms with Crippen molar-refractivity contribution in [1.82, 2.24) is 4.90 Å². The van der Waals surface area contributed by atoms with Gasteiger partial charge in [-0.25, -0.2) is 8.42 Å². The second-order valence-corrected chi connectivity index (χ2v) is 8.21. The van der Waals surface area contributed by atoms with E-state index in [1.54, 1.807) is 13.8 Å². The number of carbonyl (C=O) groups is 1. The third-order valence-corrected chi connectivity index (χ3v) is 5.38. The lowest BCUT2D eigenvalue weighted by Crippen LogP contribution is -2.33. The summed E-state index contributed by atoms with van der Waals surface area (Å²) in [4.78, 5) is 14.3. The third kappa shape index (κ3) is 4.88. The monoisotopic (exact) mass is 399 g/mol. The standard InChI is InChI=1S/C19H20F3NO3S/c1-4-23(13(2)14-7-5-9-16(11-14)19(20,21)22)18(24)15-8-6-10-17(12-15)27(3,25)26/h5-13H,4H2,1-3H3. The molecule has 1 amide bonds. The zero-order chi connectivity index (χ0) is 20.4. The van der Waals surface area contributed by atoms with E-state index in [0.29, 0.717) is 5.56 Å². The van der Waals surface area contributed by atoms with E-state index in [4.69, 9.17) is 0 Å². The lowest BCUT2D eigenvalue weighted by molar-refractivity contribution is -0.137. The van der Waals surface area contributed by atoms with Gasteiger partial charge in [0.1, 0.15) is 0 Å². The lowest BCUT2D eigenvalue weighted by atomic mass is 10.0. The number of hydrogen-bond acceptors (Lipinski definition) is 3. The molecule has 1 atom stereocenters. The Morgan fingerprint density at radius 3 is 2.30 bits per heavy atom. The number of amides is 1. The summed E-state index contributed by atoms with van der Waals surface area (Å²) >= 11 is 0. The number of halogens is 3. The van der Waals surface area contributed by atoms with Gasteiger partial charge >= 0.3 is 6.18 Å². The van der Waals surface area contributed by atoms with Crippen LogP contribution in [0.5, 0.6) is 0 Å². The molecule has 0 fully saturated rings. The normalized spacial score (nSPS) is 13.3. The first-order chi connectivity index (χ1) is 12.4. The fourth-order valence-corrected chi connectivity index (χ4v) is 3.44. The fourth-order valence-electron chi connectivity index (χ4n) is 2.77. The van der Waals surface area contributed by atoms with Crippen molar-refractivity contribution in [3.8, 4) is 0 Å². The Morgan fingerprint density at radius 2 is 1.74 bits per heavy atom. The van der Waals surface area contributed by atoms with E-state index >= 15 is 0 Å². The topological polar surface area (TPSA) is 54.5 Å². The zero-order valence-electron chi connectivity index (χ0n) is 15.1. The maximum absolute atomic E-state index is 13.0. The Bertz CT molecular complexity index is 939. The summed E-state index contributed by atoms with van der Waals surface area (Å²) < 4.78 is 62.3. The van der Waals surface area contributed by atoms with Gasteiger partial charge in [0, 0.05) is 18.4 Å². The highest BCUT2D eigenvalue weighted by Gasteiger charge is 2.31. The van der Waals surface area contributed by atoms with Crippen molar-refractivity contribution in [2.24, 2.45) is 0 Å². The van der Waals surface area contributed by atoms with Crippen LogP contribution in [0.25, 0.3) is 0 Å². The van der Waals surface area contributed by atoms with Gasteiger partial charge < -0.3 is 4.90 Å². The molecule has 0 spiro atoms. The van der Waals surface area contributed by atoms with Gasteiger partial charge in [-0.2, -0.15) is 13.2 Å². The highest BCUT2D eigenvalue weighted by molar-refractivity contribution is 7.90. The predicted molar refractivity (Wildman–Crippen MR) is 96.1 cm³/mol. The van der Waals surface area contributed by atoms with E-state index in [1.807, 2.05) is 0 Å². The Hall–Kier alpha value is -2.35. The molecular weight excluding hydrogens is 379 g/mol. The Morgan fingerprint density at radius 1 is 1.11 bits per heavy atom. The fraction of sp³-hybridized carbons (Fsp3) is 0.316. The summed E-state index contributed by atoms with van der Waals surface area (Å²) in [5, 5.41) is 0.